The van der Waals surface area contributed by atoms with Crippen LogP contribution in [0.5, 0.6) is 0 Å². The molecule has 0 unspecified atom stereocenters. The number of rotatable bonds is 4. The Morgan fingerprint density at radius 1 is 0.731 bits per heavy atom. The van der Waals surface area contributed by atoms with Crippen molar-refractivity contribution >= 4 is 23.2 Å². The van der Waals surface area contributed by atoms with Crippen molar-refractivity contribution in [1.82, 2.24) is 4.98 Å². The molecule has 2 N–H and O–H groups in total. The highest BCUT2D eigenvalue weighted by molar-refractivity contribution is 6.08. The van der Waals surface area contributed by atoms with Gasteiger partial charge in [0.25, 0.3) is 11.8 Å². The molecule has 2 aromatic carbocycles. The van der Waals surface area contributed by atoms with E-state index < -0.39 is 0 Å². The molecule has 0 aliphatic carbocycles. The van der Waals surface area contributed by atoms with Gasteiger partial charge in [-0.05, 0) is 43.2 Å². The Bertz CT molecular complexity index is 892. The smallest absolute Gasteiger partial charge is 0.257 e. The van der Waals surface area contributed by atoms with E-state index >= 15 is 0 Å². The molecule has 3 aromatic rings. The average molecular weight is 345 g/mol. The fourth-order valence-electron chi connectivity index (χ4n) is 2.50. The van der Waals surface area contributed by atoms with Gasteiger partial charge in [-0.3, -0.25) is 14.6 Å². The van der Waals surface area contributed by atoms with E-state index in [0.717, 1.165) is 22.5 Å². The van der Waals surface area contributed by atoms with Gasteiger partial charge < -0.3 is 10.6 Å². The third kappa shape index (κ3) is 3.95. The van der Waals surface area contributed by atoms with Gasteiger partial charge in [0.2, 0.25) is 0 Å². The number of nitrogens with zero attached hydrogens (tertiary/aromatic N) is 1. The van der Waals surface area contributed by atoms with Gasteiger partial charge >= 0.3 is 0 Å². The number of pyridine rings is 1. The second kappa shape index (κ2) is 7.61. The minimum absolute atomic E-state index is 0.308. The van der Waals surface area contributed by atoms with Crippen LogP contribution in [-0.4, -0.2) is 16.8 Å². The number of benzene rings is 2. The molecule has 26 heavy (non-hydrogen) atoms. The number of carbonyl (C=O) groups is 2. The van der Waals surface area contributed by atoms with Crippen LogP contribution < -0.4 is 10.6 Å². The fourth-order valence-corrected chi connectivity index (χ4v) is 2.50. The average Bonchev–Trinajstić information content (AvgIpc) is 2.65. The molecular formula is C21H19N3O2. The summed E-state index contributed by atoms with van der Waals surface area (Å²) in [5.41, 5.74) is 4.03. The van der Waals surface area contributed by atoms with Crippen LogP contribution in [0.25, 0.3) is 0 Å². The van der Waals surface area contributed by atoms with Crippen LogP contribution in [0.2, 0.25) is 0 Å². The molecule has 0 radical (unpaired) electrons. The molecular weight excluding hydrogens is 326 g/mol. The van der Waals surface area contributed by atoms with Crippen molar-refractivity contribution < 1.29 is 9.59 Å². The molecule has 1 heterocycles. The highest BCUT2D eigenvalue weighted by Crippen LogP contribution is 2.17. The lowest BCUT2D eigenvalue weighted by atomic mass is 10.1. The first-order valence-electron chi connectivity index (χ1n) is 8.23. The number of hydrogen-bond donors (Lipinski definition) is 2. The van der Waals surface area contributed by atoms with Gasteiger partial charge in [0, 0.05) is 23.8 Å². The third-order valence-corrected chi connectivity index (χ3v) is 4.05. The first-order chi connectivity index (χ1) is 12.5. The Morgan fingerprint density at radius 3 is 1.58 bits per heavy atom. The van der Waals surface area contributed by atoms with E-state index in [0.29, 0.717) is 11.1 Å². The molecule has 0 saturated heterocycles. The molecule has 2 amide bonds. The maximum absolute atomic E-state index is 12.5. The number of hydrogen-bond acceptors (Lipinski definition) is 3. The Labute approximate surface area is 152 Å². The maximum Gasteiger partial charge on any atom is 0.257 e. The summed E-state index contributed by atoms with van der Waals surface area (Å²) in [6.07, 6.45) is 2.89. The second-order valence-electron chi connectivity index (χ2n) is 6.00. The predicted octanol–water partition coefficient (Wildman–Crippen LogP) is 4.20. The van der Waals surface area contributed by atoms with Crippen molar-refractivity contribution in [3.8, 4) is 0 Å². The van der Waals surface area contributed by atoms with Crippen molar-refractivity contribution in [2.75, 3.05) is 10.6 Å². The van der Waals surface area contributed by atoms with E-state index in [1.165, 1.54) is 18.5 Å². The normalized spacial score (nSPS) is 10.2. The summed E-state index contributed by atoms with van der Waals surface area (Å²) < 4.78 is 0. The lowest BCUT2D eigenvalue weighted by molar-refractivity contribution is 0.102. The SMILES string of the molecule is Cc1ccccc1NC(=O)c1cncc(C(=O)Nc2ccccc2C)c1. The molecule has 3 rings (SSSR count). The molecule has 0 atom stereocenters. The predicted molar refractivity (Wildman–Crippen MR) is 103 cm³/mol. The van der Waals surface area contributed by atoms with Gasteiger partial charge in [-0.25, -0.2) is 0 Å². The minimum Gasteiger partial charge on any atom is -0.322 e. The van der Waals surface area contributed by atoms with Crippen LogP contribution >= 0.6 is 0 Å². The number of carbonyl (C=O) groups excluding carboxylic acids is 2. The summed E-state index contributed by atoms with van der Waals surface area (Å²) >= 11 is 0. The molecule has 0 aliphatic heterocycles. The molecule has 1 aromatic heterocycles. The number of para-hydroxylation sites is 2. The van der Waals surface area contributed by atoms with Crippen LogP contribution in [0.4, 0.5) is 11.4 Å². The molecule has 0 spiro atoms. The molecule has 0 fully saturated rings. The van der Waals surface area contributed by atoms with Gasteiger partial charge in [0.05, 0.1) is 11.1 Å². The molecule has 0 saturated carbocycles. The maximum atomic E-state index is 12.5. The Hall–Kier alpha value is -3.47. The molecule has 0 bridgehead atoms. The molecule has 130 valence electrons. The largest absolute Gasteiger partial charge is 0.322 e. The van der Waals surface area contributed by atoms with Crippen molar-refractivity contribution in [1.29, 1.82) is 0 Å². The summed E-state index contributed by atoms with van der Waals surface area (Å²) in [5.74, 6) is -0.616. The monoisotopic (exact) mass is 345 g/mol. The summed E-state index contributed by atoms with van der Waals surface area (Å²) in [4.78, 5) is 29.0. The summed E-state index contributed by atoms with van der Waals surface area (Å²) in [7, 11) is 0. The van der Waals surface area contributed by atoms with Gasteiger partial charge in [-0.15, -0.1) is 0 Å². The van der Waals surface area contributed by atoms with E-state index in [2.05, 4.69) is 15.6 Å². The number of anilines is 2. The van der Waals surface area contributed by atoms with Crippen LogP contribution in [-0.2, 0) is 0 Å². The molecule has 5 heteroatoms. The van der Waals surface area contributed by atoms with Gasteiger partial charge in [0.15, 0.2) is 0 Å². The zero-order valence-electron chi connectivity index (χ0n) is 14.6. The first-order valence-corrected chi connectivity index (χ1v) is 8.23. The number of amides is 2. The van der Waals surface area contributed by atoms with E-state index in [9.17, 15) is 9.59 Å². The highest BCUT2D eigenvalue weighted by Gasteiger charge is 2.13. The van der Waals surface area contributed by atoms with Gasteiger partial charge in [-0.2, -0.15) is 0 Å². The van der Waals surface area contributed by atoms with Crippen LogP contribution in [0.1, 0.15) is 31.8 Å². The quantitative estimate of drug-likeness (QED) is 0.744. The van der Waals surface area contributed by atoms with Gasteiger partial charge in [-0.1, -0.05) is 36.4 Å². The Balaban J connectivity index is 1.77. The van der Waals surface area contributed by atoms with E-state index in [-0.39, 0.29) is 11.8 Å². The highest BCUT2D eigenvalue weighted by atomic mass is 16.2. The molecule has 0 aliphatic rings. The van der Waals surface area contributed by atoms with Crippen molar-refractivity contribution in [2.24, 2.45) is 0 Å². The topological polar surface area (TPSA) is 71.1 Å². The van der Waals surface area contributed by atoms with Crippen molar-refractivity contribution in [3.63, 3.8) is 0 Å². The summed E-state index contributed by atoms with van der Waals surface area (Å²) in [6, 6.07) is 16.5. The minimum atomic E-state index is -0.308. The standard InChI is InChI=1S/C21H19N3O2/c1-14-7-3-5-9-18(14)23-20(25)16-11-17(13-22-12-16)21(26)24-19-10-6-4-8-15(19)2/h3-13H,1-2H3,(H,23,25)(H,24,26). The third-order valence-electron chi connectivity index (χ3n) is 4.05. The van der Waals surface area contributed by atoms with Crippen LogP contribution in [0.3, 0.4) is 0 Å². The fraction of sp³-hybridized carbons (Fsp3) is 0.0952. The number of aromatic nitrogens is 1. The Kier molecular flexibility index (Phi) is 5.08. The van der Waals surface area contributed by atoms with E-state index in [1.54, 1.807) is 0 Å². The van der Waals surface area contributed by atoms with Crippen molar-refractivity contribution in [3.05, 3.63) is 89.2 Å². The van der Waals surface area contributed by atoms with E-state index in [4.69, 9.17) is 0 Å². The van der Waals surface area contributed by atoms with Crippen LogP contribution in [0.15, 0.2) is 67.0 Å². The number of nitrogens with one attached hydrogen (secondary N) is 2. The summed E-state index contributed by atoms with van der Waals surface area (Å²) in [5, 5.41) is 5.68. The summed E-state index contributed by atoms with van der Waals surface area (Å²) in [6.45, 7) is 3.83. The first kappa shape index (κ1) is 17.4. The number of aryl methyl sites for hydroxylation is 2. The lowest BCUT2D eigenvalue weighted by Gasteiger charge is -2.10. The van der Waals surface area contributed by atoms with Crippen LogP contribution in [0, 0.1) is 13.8 Å². The zero-order valence-corrected chi connectivity index (χ0v) is 14.6. The second-order valence-corrected chi connectivity index (χ2v) is 6.00. The van der Waals surface area contributed by atoms with Crippen molar-refractivity contribution in [2.45, 2.75) is 13.8 Å². The van der Waals surface area contributed by atoms with Gasteiger partial charge in [0.1, 0.15) is 0 Å². The lowest BCUT2D eigenvalue weighted by Crippen LogP contribution is -2.17. The molecule has 5 nitrogen and oxygen atoms in total. The van der Waals surface area contributed by atoms with E-state index in [1.807, 2.05) is 62.4 Å². The zero-order chi connectivity index (χ0) is 18.5. The Morgan fingerprint density at radius 2 is 1.15 bits per heavy atom.